The number of ether oxygens (including phenoxy) is 1. The van der Waals surface area contributed by atoms with E-state index >= 15 is 0 Å². The van der Waals surface area contributed by atoms with Crippen LogP contribution in [0.1, 0.15) is 23.1 Å². The number of hydroxylamine groups is 2. The molecular weight excluding hydrogens is 501 g/mol. The van der Waals surface area contributed by atoms with Gasteiger partial charge < -0.3 is 10.1 Å². The lowest BCUT2D eigenvalue weighted by Gasteiger charge is -2.19. The van der Waals surface area contributed by atoms with Crippen LogP contribution >= 0.6 is 0 Å². The van der Waals surface area contributed by atoms with Crippen molar-refractivity contribution in [2.24, 2.45) is 0 Å². The number of aromatic nitrogens is 4. The van der Waals surface area contributed by atoms with Crippen molar-refractivity contribution in [3.05, 3.63) is 89.8 Å². The van der Waals surface area contributed by atoms with Crippen LogP contribution in [0.3, 0.4) is 0 Å². The minimum absolute atomic E-state index is 0.338. The third-order valence-corrected chi connectivity index (χ3v) is 6.50. The first-order valence-corrected chi connectivity index (χ1v) is 12.6. The number of hydrogen-bond donors (Lipinski definition) is 2. The van der Waals surface area contributed by atoms with Gasteiger partial charge >= 0.3 is 6.03 Å². The molecule has 1 fully saturated rings. The number of urea groups is 1. The quantitative estimate of drug-likeness (QED) is 0.351. The summed E-state index contributed by atoms with van der Waals surface area (Å²) < 4.78 is 20.4. The van der Waals surface area contributed by atoms with Crippen LogP contribution in [0.25, 0.3) is 16.9 Å². The number of anilines is 1. The van der Waals surface area contributed by atoms with Gasteiger partial charge in [0.15, 0.2) is 0 Å². The number of amides is 2. The maximum absolute atomic E-state index is 13.6. The minimum Gasteiger partial charge on any atom is -0.383 e. The van der Waals surface area contributed by atoms with Gasteiger partial charge in [-0.15, -0.1) is 0 Å². The Morgan fingerprint density at radius 3 is 2.51 bits per heavy atom. The lowest BCUT2D eigenvalue weighted by atomic mass is 10.0. The number of benzene rings is 2. The van der Waals surface area contributed by atoms with E-state index < -0.39 is 18.2 Å². The number of carbonyl (C=O) groups is 1. The first kappa shape index (κ1) is 26.4. The van der Waals surface area contributed by atoms with E-state index in [1.54, 1.807) is 41.4 Å². The number of para-hydroxylation sites is 1. The molecule has 0 aliphatic carbocycles. The summed E-state index contributed by atoms with van der Waals surface area (Å²) >= 11 is 0. The molecule has 0 unspecified atom stereocenters. The molecule has 10 nitrogen and oxygen atoms in total. The van der Waals surface area contributed by atoms with Crippen molar-refractivity contribution >= 4 is 11.8 Å². The summed E-state index contributed by atoms with van der Waals surface area (Å²) in [7, 11) is 1.62. The van der Waals surface area contributed by atoms with Crippen molar-refractivity contribution in [3.63, 3.8) is 0 Å². The summed E-state index contributed by atoms with van der Waals surface area (Å²) in [5.74, 6) is 0.836. The zero-order valence-electron chi connectivity index (χ0n) is 22.0. The van der Waals surface area contributed by atoms with Gasteiger partial charge in [0.2, 0.25) is 0 Å². The highest BCUT2D eigenvalue weighted by Crippen LogP contribution is 2.31. The van der Waals surface area contributed by atoms with Crippen molar-refractivity contribution in [1.29, 1.82) is 0 Å². The highest BCUT2D eigenvalue weighted by molar-refractivity contribution is 5.91. The van der Waals surface area contributed by atoms with Crippen LogP contribution in [0.5, 0.6) is 0 Å². The van der Waals surface area contributed by atoms with Crippen molar-refractivity contribution in [3.8, 4) is 16.9 Å². The van der Waals surface area contributed by atoms with Crippen LogP contribution in [0, 0.1) is 19.7 Å². The fourth-order valence-corrected chi connectivity index (χ4v) is 4.50. The standard InChI is InChI=1S/C28H30FN7O3/c1-18-25(21-15-30-19(2)31-16-21)34-36(23-7-5-4-6-8-23)27(18)33-28(37)32-24-17-35(13-14-38-3)39-26(24)20-9-11-22(29)12-10-20/h4-12,15-16,24,26H,13-14,17H2,1-3H3,(H2,32,33,37)/t24-,26+/m1/s1. The van der Waals surface area contributed by atoms with Crippen molar-refractivity contribution in [1.82, 2.24) is 30.1 Å². The predicted molar refractivity (Wildman–Crippen MR) is 144 cm³/mol. The number of hydrogen-bond acceptors (Lipinski definition) is 7. The number of methoxy groups -OCH3 is 1. The van der Waals surface area contributed by atoms with Gasteiger partial charge in [-0.25, -0.2) is 23.8 Å². The molecule has 0 bridgehead atoms. The van der Waals surface area contributed by atoms with E-state index in [0.29, 0.717) is 37.0 Å². The highest BCUT2D eigenvalue weighted by atomic mass is 19.1. The molecule has 202 valence electrons. The first-order chi connectivity index (χ1) is 18.9. The molecule has 1 aliphatic heterocycles. The monoisotopic (exact) mass is 531 g/mol. The highest BCUT2D eigenvalue weighted by Gasteiger charge is 2.36. The van der Waals surface area contributed by atoms with Gasteiger partial charge in [-0.2, -0.15) is 10.2 Å². The first-order valence-electron chi connectivity index (χ1n) is 12.6. The van der Waals surface area contributed by atoms with E-state index in [-0.39, 0.29) is 5.82 Å². The Morgan fingerprint density at radius 2 is 1.82 bits per heavy atom. The van der Waals surface area contributed by atoms with Crippen LogP contribution in [0.4, 0.5) is 15.0 Å². The SMILES string of the molecule is COCCN1C[C@@H](NC(=O)Nc2c(C)c(-c3cnc(C)nc3)nn2-c2ccccc2)[C@H](c2ccc(F)cc2)O1. The average molecular weight is 532 g/mol. The number of rotatable bonds is 8. The summed E-state index contributed by atoms with van der Waals surface area (Å²) in [5, 5.41) is 12.6. The normalized spacial score (nSPS) is 17.3. The molecule has 39 heavy (non-hydrogen) atoms. The second-order valence-corrected chi connectivity index (χ2v) is 9.25. The molecule has 1 saturated heterocycles. The molecule has 4 aromatic rings. The summed E-state index contributed by atoms with van der Waals surface area (Å²) in [6, 6.07) is 14.8. The van der Waals surface area contributed by atoms with E-state index in [1.165, 1.54) is 12.1 Å². The van der Waals surface area contributed by atoms with Crippen LogP contribution in [0.2, 0.25) is 0 Å². The fourth-order valence-electron chi connectivity index (χ4n) is 4.50. The molecular formula is C28H30FN7O3. The van der Waals surface area contributed by atoms with Gasteiger partial charge in [0, 0.05) is 43.7 Å². The lowest BCUT2D eigenvalue weighted by molar-refractivity contribution is -0.154. The number of nitrogens with zero attached hydrogens (tertiary/aromatic N) is 5. The van der Waals surface area contributed by atoms with Gasteiger partial charge in [0.05, 0.1) is 18.3 Å². The number of nitrogens with one attached hydrogen (secondary N) is 2. The van der Waals surface area contributed by atoms with Crippen LogP contribution in [-0.4, -0.2) is 63.7 Å². The van der Waals surface area contributed by atoms with E-state index in [4.69, 9.17) is 14.7 Å². The van der Waals surface area contributed by atoms with Crippen molar-refractivity contribution in [2.45, 2.75) is 26.0 Å². The Balaban J connectivity index is 1.41. The van der Waals surface area contributed by atoms with Crippen LogP contribution < -0.4 is 10.6 Å². The summed E-state index contributed by atoms with van der Waals surface area (Å²) in [6.07, 6.45) is 2.94. The molecule has 3 heterocycles. The summed E-state index contributed by atoms with van der Waals surface area (Å²) in [4.78, 5) is 28.1. The minimum atomic E-state index is -0.492. The van der Waals surface area contributed by atoms with Gasteiger partial charge in [-0.1, -0.05) is 30.3 Å². The molecule has 0 saturated carbocycles. The van der Waals surface area contributed by atoms with Gasteiger partial charge in [-0.3, -0.25) is 10.2 Å². The summed E-state index contributed by atoms with van der Waals surface area (Å²) in [5.41, 5.74) is 3.71. The van der Waals surface area contributed by atoms with E-state index in [0.717, 1.165) is 22.4 Å². The Hall–Kier alpha value is -4.19. The maximum atomic E-state index is 13.6. The molecule has 0 spiro atoms. The van der Waals surface area contributed by atoms with Gasteiger partial charge in [0.1, 0.15) is 29.3 Å². The van der Waals surface area contributed by atoms with Crippen molar-refractivity contribution in [2.75, 3.05) is 32.1 Å². The largest absolute Gasteiger partial charge is 0.383 e. The molecule has 0 radical (unpaired) electrons. The Kier molecular flexibility index (Phi) is 7.92. The van der Waals surface area contributed by atoms with Gasteiger partial charge in [0.25, 0.3) is 0 Å². The third kappa shape index (κ3) is 5.95. The number of carbonyl (C=O) groups excluding carboxylic acids is 1. The molecule has 2 amide bonds. The zero-order chi connectivity index (χ0) is 27.4. The van der Waals surface area contributed by atoms with E-state index in [9.17, 15) is 9.18 Å². The molecule has 2 atom stereocenters. The maximum Gasteiger partial charge on any atom is 0.320 e. The third-order valence-electron chi connectivity index (χ3n) is 6.50. The average Bonchev–Trinajstić information content (AvgIpc) is 3.49. The van der Waals surface area contributed by atoms with Crippen molar-refractivity contribution < 1.29 is 18.8 Å². The number of halogens is 1. The second-order valence-electron chi connectivity index (χ2n) is 9.25. The van der Waals surface area contributed by atoms with E-state index in [1.807, 2.05) is 44.2 Å². The molecule has 5 rings (SSSR count). The molecule has 11 heteroatoms. The van der Waals surface area contributed by atoms with Gasteiger partial charge in [-0.05, 0) is 43.7 Å². The zero-order valence-corrected chi connectivity index (χ0v) is 22.0. The predicted octanol–water partition coefficient (Wildman–Crippen LogP) is 4.21. The Labute approximate surface area is 225 Å². The molecule has 1 aliphatic rings. The van der Waals surface area contributed by atoms with Crippen LogP contribution in [-0.2, 0) is 9.57 Å². The number of aryl methyl sites for hydroxylation is 1. The molecule has 2 aromatic heterocycles. The van der Waals surface area contributed by atoms with Crippen LogP contribution in [0.15, 0.2) is 67.0 Å². The van der Waals surface area contributed by atoms with E-state index in [2.05, 4.69) is 20.6 Å². The Bertz CT molecular complexity index is 1410. The lowest BCUT2D eigenvalue weighted by Crippen LogP contribution is -2.42. The second kappa shape index (κ2) is 11.7. The fraction of sp³-hybridized carbons (Fsp3) is 0.286. The smallest absolute Gasteiger partial charge is 0.320 e. The topological polar surface area (TPSA) is 106 Å². The molecule has 2 aromatic carbocycles. The molecule has 2 N–H and O–H groups in total. The summed E-state index contributed by atoms with van der Waals surface area (Å²) in [6.45, 7) is 5.14. The Morgan fingerprint density at radius 1 is 1.10 bits per heavy atom.